The number of aromatic nitrogens is 2. The number of anilines is 3. The summed E-state index contributed by atoms with van der Waals surface area (Å²) in [5, 5.41) is 3.20. The van der Waals surface area contributed by atoms with E-state index in [0.29, 0.717) is 31.0 Å². The first-order valence-corrected chi connectivity index (χ1v) is 10.9. The number of sulfone groups is 1. The number of piperazine rings is 1. The van der Waals surface area contributed by atoms with Gasteiger partial charge < -0.3 is 15.1 Å². The predicted molar refractivity (Wildman–Crippen MR) is 104 cm³/mol. The highest BCUT2D eigenvalue weighted by atomic mass is 32.2. The van der Waals surface area contributed by atoms with Crippen molar-refractivity contribution in [1.29, 1.82) is 0 Å². The largest absolute Gasteiger partial charge is 0.366 e. The first kappa shape index (κ1) is 18.0. The van der Waals surface area contributed by atoms with Gasteiger partial charge in [-0.2, -0.15) is 0 Å². The van der Waals surface area contributed by atoms with Gasteiger partial charge in [0.05, 0.1) is 17.2 Å². The van der Waals surface area contributed by atoms with Gasteiger partial charge in [0.2, 0.25) is 0 Å². The Kier molecular flexibility index (Phi) is 4.86. The first-order valence-electron chi connectivity index (χ1n) is 9.04. The number of para-hydroxylation sites is 1. The highest BCUT2D eigenvalue weighted by Crippen LogP contribution is 2.23. The number of rotatable bonds is 4. The Morgan fingerprint density at radius 2 is 1.81 bits per heavy atom. The molecule has 9 heteroatoms. The zero-order chi connectivity index (χ0) is 18.9. The van der Waals surface area contributed by atoms with Gasteiger partial charge in [0.25, 0.3) is 0 Å². The Morgan fingerprint density at radius 1 is 1.07 bits per heavy atom. The minimum Gasteiger partial charge on any atom is -0.366 e. The third-order valence-corrected chi connectivity index (χ3v) is 6.80. The van der Waals surface area contributed by atoms with Crippen LogP contribution < -0.4 is 15.1 Å². The molecule has 3 heterocycles. The fraction of sp³-hybridized carbons (Fsp3) is 0.444. The maximum absolute atomic E-state index is 14.0. The molecule has 0 spiro atoms. The van der Waals surface area contributed by atoms with E-state index >= 15 is 0 Å². The van der Waals surface area contributed by atoms with Crippen molar-refractivity contribution in [3.8, 4) is 0 Å². The van der Waals surface area contributed by atoms with Crippen LogP contribution in [-0.4, -0.2) is 62.1 Å². The Morgan fingerprint density at radius 3 is 2.52 bits per heavy atom. The number of halogens is 1. The molecule has 1 aromatic carbocycles. The molecule has 0 bridgehead atoms. The fourth-order valence-electron chi connectivity index (χ4n) is 3.60. The topological polar surface area (TPSA) is 78.4 Å². The van der Waals surface area contributed by atoms with E-state index in [1.54, 1.807) is 12.1 Å². The number of benzene rings is 1. The quantitative estimate of drug-likeness (QED) is 0.847. The van der Waals surface area contributed by atoms with Gasteiger partial charge in [-0.05, 0) is 18.6 Å². The SMILES string of the molecule is O=S1(=O)CCC(Nc2cc(N3CCN(c4ccccc4F)CC3)ncn2)C1. The highest BCUT2D eigenvalue weighted by molar-refractivity contribution is 7.91. The molecule has 27 heavy (non-hydrogen) atoms. The Bertz CT molecular complexity index is 915. The van der Waals surface area contributed by atoms with Gasteiger partial charge in [0.1, 0.15) is 23.8 Å². The van der Waals surface area contributed by atoms with Crippen molar-refractivity contribution in [3.05, 3.63) is 42.5 Å². The molecule has 1 aromatic heterocycles. The zero-order valence-electron chi connectivity index (χ0n) is 14.9. The molecule has 0 radical (unpaired) electrons. The lowest BCUT2D eigenvalue weighted by Gasteiger charge is -2.36. The number of hydrogen-bond donors (Lipinski definition) is 1. The summed E-state index contributed by atoms with van der Waals surface area (Å²) in [6, 6.07) is 8.57. The van der Waals surface area contributed by atoms with Crippen LogP contribution in [0.5, 0.6) is 0 Å². The average molecular weight is 391 g/mol. The minimum absolute atomic E-state index is 0.101. The van der Waals surface area contributed by atoms with E-state index in [2.05, 4.69) is 20.2 Å². The van der Waals surface area contributed by atoms with Gasteiger partial charge in [-0.1, -0.05) is 12.1 Å². The molecule has 1 N–H and O–H groups in total. The van der Waals surface area contributed by atoms with Crippen LogP contribution in [0.25, 0.3) is 0 Å². The third-order valence-electron chi connectivity index (χ3n) is 5.03. The second kappa shape index (κ2) is 7.30. The zero-order valence-corrected chi connectivity index (χ0v) is 15.7. The molecule has 1 atom stereocenters. The van der Waals surface area contributed by atoms with Crippen LogP contribution >= 0.6 is 0 Å². The van der Waals surface area contributed by atoms with E-state index in [0.717, 1.165) is 18.9 Å². The van der Waals surface area contributed by atoms with E-state index in [9.17, 15) is 12.8 Å². The van der Waals surface area contributed by atoms with Crippen LogP contribution in [0.4, 0.5) is 21.7 Å². The van der Waals surface area contributed by atoms with Crippen molar-refractivity contribution in [1.82, 2.24) is 9.97 Å². The molecule has 2 aliphatic rings. The van der Waals surface area contributed by atoms with E-state index < -0.39 is 9.84 Å². The molecule has 0 aliphatic carbocycles. The Balaban J connectivity index is 1.39. The molecule has 1 unspecified atom stereocenters. The Hall–Kier alpha value is -2.42. The van der Waals surface area contributed by atoms with Crippen molar-refractivity contribution < 1.29 is 12.8 Å². The van der Waals surface area contributed by atoms with E-state index in [1.807, 2.05) is 17.0 Å². The van der Waals surface area contributed by atoms with Crippen LogP contribution in [0.3, 0.4) is 0 Å². The summed E-state index contributed by atoms with van der Waals surface area (Å²) in [5.74, 6) is 1.60. The lowest BCUT2D eigenvalue weighted by molar-refractivity contribution is 0.596. The van der Waals surface area contributed by atoms with Crippen molar-refractivity contribution in [3.63, 3.8) is 0 Å². The summed E-state index contributed by atoms with van der Waals surface area (Å²) in [4.78, 5) is 12.7. The smallest absolute Gasteiger partial charge is 0.152 e. The van der Waals surface area contributed by atoms with Gasteiger partial charge in [-0.3, -0.25) is 0 Å². The number of nitrogens with one attached hydrogen (secondary N) is 1. The molecule has 144 valence electrons. The summed E-state index contributed by atoms with van der Waals surface area (Å²) in [7, 11) is -2.93. The summed E-state index contributed by atoms with van der Waals surface area (Å²) in [6.45, 7) is 2.86. The van der Waals surface area contributed by atoms with Crippen LogP contribution in [0.15, 0.2) is 36.7 Å². The van der Waals surface area contributed by atoms with Crippen LogP contribution in [-0.2, 0) is 9.84 Å². The summed E-state index contributed by atoms with van der Waals surface area (Å²) < 4.78 is 37.2. The lowest BCUT2D eigenvalue weighted by Crippen LogP contribution is -2.47. The molecular weight excluding hydrogens is 369 g/mol. The Labute approximate surface area is 158 Å². The van der Waals surface area contributed by atoms with Gasteiger partial charge in [0, 0.05) is 38.3 Å². The molecule has 7 nitrogen and oxygen atoms in total. The maximum atomic E-state index is 14.0. The van der Waals surface area contributed by atoms with Crippen molar-refractivity contribution in [2.24, 2.45) is 0 Å². The molecule has 2 saturated heterocycles. The average Bonchev–Trinajstić information content (AvgIpc) is 3.01. The van der Waals surface area contributed by atoms with Crippen molar-refractivity contribution in [2.75, 3.05) is 52.8 Å². The summed E-state index contributed by atoms with van der Waals surface area (Å²) in [5.41, 5.74) is 0.629. The number of nitrogens with zero attached hydrogens (tertiary/aromatic N) is 4. The lowest BCUT2D eigenvalue weighted by atomic mass is 10.2. The van der Waals surface area contributed by atoms with E-state index in [1.165, 1.54) is 12.4 Å². The second-order valence-electron chi connectivity index (χ2n) is 6.93. The standard InChI is InChI=1S/C18H22FN5O2S/c19-15-3-1-2-4-16(15)23-6-8-24(9-7-23)18-11-17(20-13-21-18)22-14-5-10-27(25,26)12-14/h1-4,11,13-14H,5-10,12H2,(H,20,21,22). The summed E-state index contributed by atoms with van der Waals surface area (Å²) >= 11 is 0. The molecule has 0 amide bonds. The molecule has 4 rings (SSSR count). The molecule has 0 saturated carbocycles. The van der Waals surface area contributed by atoms with Crippen molar-refractivity contribution >= 4 is 27.2 Å². The maximum Gasteiger partial charge on any atom is 0.152 e. The normalized spacial score (nSPS) is 22.0. The minimum atomic E-state index is -2.93. The van der Waals surface area contributed by atoms with Crippen LogP contribution in [0.1, 0.15) is 6.42 Å². The van der Waals surface area contributed by atoms with Gasteiger partial charge in [-0.15, -0.1) is 0 Å². The molecule has 2 aromatic rings. The first-order chi connectivity index (χ1) is 13.0. The van der Waals surface area contributed by atoms with Gasteiger partial charge in [0.15, 0.2) is 9.84 Å². The predicted octanol–water partition coefficient (Wildman–Crippen LogP) is 1.54. The number of hydrogen-bond acceptors (Lipinski definition) is 7. The third kappa shape index (κ3) is 4.13. The second-order valence-corrected chi connectivity index (χ2v) is 9.16. The molecular formula is C18H22FN5O2S. The monoisotopic (exact) mass is 391 g/mol. The molecule has 2 fully saturated rings. The highest BCUT2D eigenvalue weighted by Gasteiger charge is 2.28. The molecule has 2 aliphatic heterocycles. The van der Waals surface area contributed by atoms with E-state index in [4.69, 9.17) is 0 Å². The van der Waals surface area contributed by atoms with Gasteiger partial charge in [-0.25, -0.2) is 22.8 Å². The van der Waals surface area contributed by atoms with Crippen LogP contribution in [0.2, 0.25) is 0 Å². The van der Waals surface area contributed by atoms with Crippen LogP contribution in [0, 0.1) is 5.82 Å². The van der Waals surface area contributed by atoms with Gasteiger partial charge >= 0.3 is 0 Å². The van der Waals surface area contributed by atoms with Crippen molar-refractivity contribution in [2.45, 2.75) is 12.5 Å². The van der Waals surface area contributed by atoms with E-state index in [-0.39, 0.29) is 23.4 Å². The fourth-order valence-corrected chi connectivity index (χ4v) is 5.27. The summed E-state index contributed by atoms with van der Waals surface area (Å²) in [6.07, 6.45) is 2.09.